The van der Waals surface area contributed by atoms with Crippen LogP contribution in [0, 0.1) is 41.2 Å². The average Bonchev–Trinajstić information content (AvgIpc) is 2.72. The highest BCUT2D eigenvalue weighted by molar-refractivity contribution is 7.89. The maximum atomic E-state index is 13.5. The molecule has 0 atom stereocenters. The lowest BCUT2D eigenvalue weighted by atomic mass is 9.54. The van der Waals surface area contributed by atoms with Crippen molar-refractivity contribution in [2.75, 3.05) is 13.1 Å². The number of halogens is 2. The smallest absolute Gasteiger partial charge is 0.243 e. The first kappa shape index (κ1) is 20.4. The molecule has 5 aliphatic rings. The summed E-state index contributed by atoms with van der Waals surface area (Å²) < 4.78 is 53.4. The summed E-state index contributed by atoms with van der Waals surface area (Å²) in [6.45, 7) is 0.419. The molecule has 0 radical (unpaired) electrons. The molecule has 5 fully saturated rings. The Hall–Kier alpha value is -1.54. The van der Waals surface area contributed by atoms with Gasteiger partial charge in [-0.2, -0.15) is 4.31 Å². The third-order valence-corrected chi connectivity index (χ3v) is 9.78. The van der Waals surface area contributed by atoms with Crippen molar-refractivity contribution in [3.05, 3.63) is 29.8 Å². The van der Waals surface area contributed by atoms with Crippen molar-refractivity contribution < 1.29 is 22.0 Å². The van der Waals surface area contributed by atoms with Crippen LogP contribution in [-0.4, -0.2) is 37.8 Å². The Morgan fingerprint density at radius 3 is 2.10 bits per heavy atom. The van der Waals surface area contributed by atoms with Crippen LogP contribution in [0.1, 0.15) is 44.9 Å². The second kappa shape index (κ2) is 7.55. The molecule has 0 spiro atoms. The summed E-state index contributed by atoms with van der Waals surface area (Å²) in [5, 5.41) is 3.33. The molecule has 0 unspecified atom stereocenters. The van der Waals surface area contributed by atoms with Crippen LogP contribution in [0.2, 0.25) is 0 Å². The summed E-state index contributed by atoms with van der Waals surface area (Å²) in [7, 11) is -3.90. The molecule has 6 rings (SSSR count). The number of hydrogen-bond donors (Lipinski definition) is 1. The molecule has 30 heavy (non-hydrogen) atoms. The van der Waals surface area contributed by atoms with Gasteiger partial charge in [0.1, 0.15) is 0 Å². The maximum absolute atomic E-state index is 13.5. The van der Waals surface area contributed by atoms with Crippen LogP contribution in [0.25, 0.3) is 0 Å². The number of hydrogen-bond acceptors (Lipinski definition) is 3. The standard InChI is InChI=1S/C22H28F2N2O3S/c23-19-2-1-18(12-20(19)24)30(28,29)26-5-3-15(4-6-26)22(27)25-21-16-8-13-7-14(10-16)11-17(21)9-13/h1-2,12-17,21H,3-11H2,(H,25,27). The number of piperidine rings is 1. The van der Waals surface area contributed by atoms with Gasteiger partial charge in [0, 0.05) is 25.0 Å². The molecule has 8 heteroatoms. The van der Waals surface area contributed by atoms with E-state index in [0.29, 0.717) is 24.7 Å². The summed E-state index contributed by atoms with van der Waals surface area (Å²) in [5.41, 5.74) is 0. The number of benzene rings is 1. The molecule has 1 aromatic carbocycles. The van der Waals surface area contributed by atoms with Gasteiger partial charge in [-0.1, -0.05) is 0 Å². The number of sulfonamides is 1. The van der Waals surface area contributed by atoms with Gasteiger partial charge >= 0.3 is 0 Å². The van der Waals surface area contributed by atoms with Gasteiger partial charge in [-0.3, -0.25) is 4.79 Å². The first-order valence-corrected chi connectivity index (χ1v) is 12.5. The SMILES string of the molecule is O=C(NC1C2CC3CC(C2)CC1C3)C1CCN(S(=O)(=O)c2ccc(F)c(F)c2)CC1. The zero-order valence-electron chi connectivity index (χ0n) is 16.9. The van der Waals surface area contributed by atoms with Crippen molar-refractivity contribution in [1.29, 1.82) is 0 Å². The zero-order chi connectivity index (χ0) is 21.0. The van der Waals surface area contributed by atoms with E-state index >= 15 is 0 Å². The molecule has 1 N–H and O–H groups in total. The molecule has 1 amide bonds. The van der Waals surface area contributed by atoms with Crippen LogP contribution in [0.4, 0.5) is 8.78 Å². The van der Waals surface area contributed by atoms with Gasteiger partial charge in [-0.05, 0) is 86.8 Å². The minimum absolute atomic E-state index is 0.0531. The molecule has 1 heterocycles. The second-order valence-corrected chi connectivity index (χ2v) is 11.7. The highest BCUT2D eigenvalue weighted by Crippen LogP contribution is 2.53. The first-order valence-electron chi connectivity index (χ1n) is 11.1. The van der Waals surface area contributed by atoms with Crippen molar-refractivity contribution in [2.24, 2.45) is 29.6 Å². The normalized spacial score (nSPS) is 34.3. The van der Waals surface area contributed by atoms with Crippen LogP contribution in [0.5, 0.6) is 0 Å². The molecule has 0 aromatic heterocycles. The van der Waals surface area contributed by atoms with Crippen LogP contribution in [-0.2, 0) is 14.8 Å². The van der Waals surface area contributed by atoms with E-state index in [4.69, 9.17) is 0 Å². The predicted octanol–water partition coefficient (Wildman–Crippen LogP) is 3.31. The minimum atomic E-state index is -3.90. The molecule has 164 valence electrons. The Bertz CT molecular complexity index is 916. The van der Waals surface area contributed by atoms with Gasteiger partial charge in [0.2, 0.25) is 15.9 Å². The summed E-state index contributed by atoms with van der Waals surface area (Å²) >= 11 is 0. The number of nitrogens with one attached hydrogen (secondary N) is 1. The quantitative estimate of drug-likeness (QED) is 0.784. The number of carbonyl (C=O) groups is 1. The Labute approximate surface area is 176 Å². The third kappa shape index (κ3) is 3.55. The summed E-state index contributed by atoms with van der Waals surface area (Å²) in [6.07, 6.45) is 7.22. The van der Waals surface area contributed by atoms with Crippen molar-refractivity contribution in [3.63, 3.8) is 0 Å². The fourth-order valence-electron chi connectivity index (χ4n) is 6.59. The number of nitrogens with zero attached hydrogens (tertiary/aromatic N) is 1. The molecule has 4 bridgehead atoms. The monoisotopic (exact) mass is 438 g/mol. The van der Waals surface area contributed by atoms with Crippen LogP contribution in [0.15, 0.2) is 23.1 Å². The van der Waals surface area contributed by atoms with Crippen LogP contribution >= 0.6 is 0 Å². The minimum Gasteiger partial charge on any atom is -0.353 e. The molecule has 4 saturated carbocycles. The third-order valence-electron chi connectivity index (χ3n) is 7.89. The van der Waals surface area contributed by atoms with Gasteiger partial charge < -0.3 is 5.32 Å². The Morgan fingerprint density at radius 2 is 1.53 bits per heavy atom. The molecule has 1 saturated heterocycles. The number of rotatable bonds is 4. The largest absolute Gasteiger partial charge is 0.353 e. The van der Waals surface area contributed by atoms with Crippen molar-refractivity contribution in [2.45, 2.75) is 55.9 Å². The molecule has 4 aliphatic carbocycles. The lowest BCUT2D eigenvalue weighted by Crippen LogP contribution is -2.57. The van der Waals surface area contributed by atoms with Crippen molar-refractivity contribution in [1.82, 2.24) is 9.62 Å². The van der Waals surface area contributed by atoms with E-state index in [1.165, 1.54) is 36.4 Å². The van der Waals surface area contributed by atoms with E-state index < -0.39 is 21.7 Å². The Morgan fingerprint density at radius 1 is 0.933 bits per heavy atom. The number of amides is 1. The van der Waals surface area contributed by atoms with E-state index in [1.54, 1.807) is 0 Å². The van der Waals surface area contributed by atoms with E-state index in [9.17, 15) is 22.0 Å². The molecule has 1 aliphatic heterocycles. The van der Waals surface area contributed by atoms with Gasteiger partial charge in [0.05, 0.1) is 4.90 Å². The Kier molecular flexibility index (Phi) is 5.13. The number of carbonyl (C=O) groups excluding carboxylic acids is 1. The second-order valence-electron chi connectivity index (χ2n) is 9.72. The first-order chi connectivity index (χ1) is 14.3. The fourth-order valence-corrected chi connectivity index (χ4v) is 8.07. The molecule has 5 nitrogen and oxygen atoms in total. The van der Waals surface area contributed by atoms with E-state index in [0.717, 1.165) is 30.0 Å². The predicted molar refractivity (Wildman–Crippen MR) is 107 cm³/mol. The van der Waals surface area contributed by atoms with Crippen molar-refractivity contribution >= 4 is 15.9 Å². The van der Waals surface area contributed by atoms with E-state index in [1.807, 2.05) is 0 Å². The molecular formula is C22H28F2N2O3S. The average molecular weight is 439 g/mol. The Balaban J connectivity index is 1.19. The lowest BCUT2D eigenvalue weighted by Gasteiger charge is -2.54. The molecular weight excluding hydrogens is 410 g/mol. The van der Waals surface area contributed by atoms with Crippen LogP contribution < -0.4 is 5.32 Å². The van der Waals surface area contributed by atoms with Gasteiger partial charge in [0.25, 0.3) is 0 Å². The maximum Gasteiger partial charge on any atom is 0.243 e. The molecule has 1 aromatic rings. The highest BCUT2D eigenvalue weighted by Gasteiger charge is 2.49. The van der Waals surface area contributed by atoms with E-state index in [-0.39, 0.29) is 35.9 Å². The highest BCUT2D eigenvalue weighted by atomic mass is 32.2. The summed E-state index contributed by atoms with van der Waals surface area (Å²) in [6, 6.07) is 2.91. The van der Waals surface area contributed by atoms with Gasteiger partial charge in [-0.15, -0.1) is 0 Å². The van der Waals surface area contributed by atoms with E-state index in [2.05, 4.69) is 5.32 Å². The van der Waals surface area contributed by atoms with Crippen LogP contribution in [0.3, 0.4) is 0 Å². The van der Waals surface area contributed by atoms with Gasteiger partial charge in [0.15, 0.2) is 11.6 Å². The zero-order valence-corrected chi connectivity index (χ0v) is 17.7. The summed E-state index contributed by atoms with van der Waals surface area (Å²) in [4.78, 5) is 12.7. The lowest BCUT2D eigenvalue weighted by molar-refractivity contribution is -0.130. The fraction of sp³-hybridized carbons (Fsp3) is 0.682. The van der Waals surface area contributed by atoms with Gasteiger partial charge in [-0.25, -0.2) is 17.2 Å². The topological polar surface area (TPSA) is 66.5 Å². The summed E-state index contributed by atoms with van der Waals surface area (Å²) in [5.74, 6) is 0.528. The van der Waals surface area contributed by atoms with Crippen molar-refractivity contribution in [3.8, 4) is 0 Å².